The highest BCUT2D eigenvalue weighted by Crippen LogP contribution is 2.32. The number of aromatic nitrogens is 3. The van der Waals surface area contributed by atoms with E-state index in [-0.39, 0.29) is 5.91 Å². The predicted molar refractivity (Wildman–Crippen MR) is 105 cm³/mol. The van der Waals surface area contributed by atoms with Gasteiger partial charge in [0.15, 0.2) is 17.1 Å². The van der Waals surface area contributed by atoms with Gasteiger partial charge in [-0.3, -0.25) is 10.2 Å². The normalized spacial score (nSPS) is 14.8. The highest BCUT2D eigenvalue weighted by Gasteiger charge is 2.19. The number of fused-ring (bicyclic) bond motifs is 1. The zero-order valence-corrected chi connectivity index (χ0v) is 16.0. The lowest BCUT2D eigenvalue weighted by Crippen LogP contribution is -2.45. The van der Waals surface area contributed by atoms with Crippen molar-refractivity contribution in [2.75, 3.05) is 27.3 Å². The molecule has 2 aromatic heterocycles. The monoisotopic (exact) mass is 381 g/mol. The molecule has 8 heteroatoms. The van der Waals surface area contributed by atoms with Crippen molar-refractivity contribution in [1.82, 2.24) is 25.4 Å². The number of amides is 1. The Morgan fingerprint density at radius 1 is 1.14 bits per heavy atom. The number of carbonyl (C=O) groups excluding carboxylic acids is 1. The third kappa shape index (κ3) is 3.50. The molecule has 0 saturated carbocycles. The third-order valence-corrected chi connectivity index (χ3v) is 4.92. The molecule has 1 amide bonds. The van der Waals surface area contributed by atoms with Crippen molar-refractivity contribution < 1.29 is 14.3 Å². The number of nitrogens with one attached hydrogen (secondary N) is 2. The van der Waals surface area contributed by atoms with Crippen LogP contribution in [0.3, 0.4) is 0 Å². The average molecular weight is 381 g/mol. The second-order valence-corrected chi connectivity index (χ2v) is 6.71. The van der Waals surface area contributed by atoms with Crippen molar-refractivity contribution in [3.8, 4) is 22.8 Å². The van der Waals surface area contributed by atoms with E-state index in [9.17, 15) is 4.79 Å². The van der Waals surface area contributed by atoms with Gasteiger partial charge >= 0.3 is 0 Å². The zero-order chi connectivity index (χ0) is 19.5. The molecule has 0 aliphatic carbocycles. The largest absolute Gasteiger partial charge is 0.493 e. The molecule has 3 heterocycles. The quantitative estimate of drug-likeness (QED) is 0.706. The summed E-state index contributed by atoms with van der Waals surface area (Å²) >= 11 is 0. The predicted octanol–water partition coefficient (Wildman–Crippen LogP) is 2.77. The lowest BCUT2D eigenvalue weighted by atomic mass is 10.1. The molecular weight excluding hydrogens is 358 g/mol. The minimum Gasteiger partial charge on any atom is -0.493 e. The first-order valence-electron chi connectivity index (χ1n) is 9.32. The van der Waals surface area contributed by atoms with Crippen molar-refractivity contribution in [2.45, 2.75) is 19.3 Å². The Kier molecular flexibility index (Phi) is 5.12. The second kappa shape index (κ2) is 7.85. The number of aromatic amines is 1. The van der Waals surface area contributed by atoms with Crippen LogP contribution in [0.15, 0.2) is 30.6 Å². The Hall–Kier alpha value is -3.13. The van der Waals surface area contributed by atoms with E-state index < -0.39 is 0 Å². The van der Waals surface area contributed by atoms with Crippen LogP contribution in [-0.4, -0.2) is 53.2 Å². The van der Waals surface area contributed by atoms with Crippen LogP contribution in [0.2, 0.25) is 0 Å². The summed E-state index contributed by atoms with van der Waals surface area (Å²) in [4.78, 5) is 24.9. The third-order valence-electron chi connectivity index (χ3n) is 4.92. The average Bonchev–Trinajstić information content (AvgIpc) is 3.17. The molecule has 4 rings (SSSR count). The fraction of sp³-hybridized carbons (Fsp3) is 0.350. The van der Waals surface area contributed by atoms with Crippen LogP contribution in [0.1, 0.15) is 29.6 Å². The lowest BCUT2D eigenvalue weighted by molar-refractivity contribution is 0.0751. The first-order chi connectivity index (χ1) is 13.7. The molecule has 0 atom stereocenters. The Bertz CT molecular complexity index is 995. The number of ether oxygens (including phenoxy) is 2. The summed E-state index contributed by atoms with van der Waals surface area (Å²) in [6.45, 7) is 1.74. The SMILES string of the molecule is COc1ccc(-c2cnc3[nH]cc(C(=O)NN4CCCCC4)c3n2)cc1OC. The molecular formula is C20H23N5O3. The maximum absolute atomic E-state index is 12.7. The molecule has 2 N–H and O–H groups in total. The van der Waals surface area contributed by atoms with E-state index in [0.29, 0.717) is 33.9 Å². The van der Waals surface area contributed by atoms with Crippen LogP contribution >= 0.6 is 0 Å². The van der Waals surface area contributed by atoms with Gasteiger partial charge in [-0.2, -0.15) is 0 Å². The summed E-state index contributed by atoms with van der Waals surface area (Å²) in [5.41, 5.74) is 6.06. The maximum Gasteiger partial charge on any atom is 0.269 e. The number of carbonyl (C=O) groups is 1. The number of methoxy groups -OCH3 is 2. The molecule has 1 aliphatic rings. The smallest absolute Gasteiger partial charge is 0.269 e. The topological polar surface area (TPSA) is 92.4 Å². The standard InChI is InChI=1S/C20H23N5O3/c1-27-16-7-6-13(10-17(16)28-2)15-12-22-19-18(23-15)14(11-21-19)20(26)24-25-8-4-3-5-9-25/h6-7,10-12H,3-5,8-9H2,1-2H3,(H,21,22)(H,24,26). The molecule has 0 unspecified atom stereocenters. The van der Waals surface area contributed by atoms with Gasteiger partial charge in [0.1, 0.15) is 5.52 Å². The number of piperidine rings is 1. The van der Waals surface area contributed by atoms with Gasteiger partial charge in [-0.05, 0) is 31.0 Å². The number of hydrazine groups is 1. The molecule has 1 aromatic carbocycles. The van der Waals surface area contributed by atoms with Crippen LogP contribution in [0.25, 0.3) is 22.4 Å². The number of hydrogen-bond acceptors (Lipinski definition) is 6. The van der Waals surface area contributed by atoms with Crippen molar-refractivity contribution >= 4 is 17.1 Å². The van der Waals surface area contributed by atoms with E-state index in [4.69, 9.17) is 9.47 Å². The van der Waals surface area contributed by atoms with Crippen molar-refractivity contribution in [1.29, 1.82) is 0 Å². The summed E-state index contributed by atoms with van der Waals surface area (Å²) in [5.74, 6) is 1.08. The number of benzene rings is 1. The van der Waals surface area contributed by atoms with Gasteiger partial charge in [-0.25, -0.2) is 15.0 Å². The Balaban J connectivity index is 1.65. The van der Waals surface area contributed by atoms with Crippen LogP contribution in [-0.2, 0) is 0 Å². The summed E-state index contributed by atoms with van der Waals surface area (Å²) in [5, 5.41) is 1.97. The van der Waals surface area contributed by atoms with Gasteiger partial charge in [-0.1, -0.05) is 6.42 Å². The molecule has 3 aromatic rings. The molecule has 0 bridgehead atoms. The lowest BCUT2D eigenvalue weighted by Gasteiger charge is -2.26. The number of H-pyrrole nitrogens is 1. The van der Waals surface area contributed by atoms with E-state index in [1.54, 1.807) is 26.6 Å². The van der Waals surface area contributed by atoms with Gasteiger partial charge < -0.3 is 14.5 Å². The van der Waals surface area contributed by atoms with E-state index in [2.05, 4.69) is 20.4 Å². The van der Waals surface area contributed by atoms with E-state index >= 15 is 0 Å². The summed E-state index contributed by atoms with van der Waals surface area (Å²) < 4.78 is 10.7. The van der Waals surface area contributed by atoms with E-state index in [0.717, 1.165) is 31.5 Å². The highest BCUT2D eigenvalue weighted by atomic mass is 16.5. The van der Waals surface area contributed by atoms with Gasteiger partial charge in [-0.15, -0.1) is 0 Å². The van der Waals surface area contributed by atoms with Crippen LogP contribution in [0.4, 0.5) is 0 Å². The van der Waals surface area contributed by atoms with E-state index in [1.807, 2.05) is 23.2 Å². The molecule has 1 aliphatic heterocycles. The molecule has 146 valence electrons. The molecule has 1 saturated heterocycles. The van der Waals surface area contributed by atoms with Crippen molar-refractivity contribution in [2.24, 2.45) is 0 Å². The Morgan fingerprint density at radius 2 is 1.93 bits per heavy atom. The minimum absolute atomic E-state index is 0.174. The Morgan fingerprint density at radius 3 is 2.68 bits per heavy atom. The van der Waals surface area contributed by atoms with Crippen LogP contribution in [0.5, 0.6) is 11.5 Å². The fourth-order valence-electron chi connectivity index (χ4n) is 3.41. The minimum atomic E-state index is -0.174. The highest BCUT2D eigenvalue weighted by molar-refractivity contribution is 6.04. The van der Waals surface area contributed by atoms with Crippen molar-refractivity contribution in [3.05, 3.63) is 36.2 Å². The second-order valence-electron chi connectivity index (χ2n) is 6.71. The van der Waals surface area contributed by atoms with Gasteiger partial charge in [0.05, 0.1) is 31.7 Å². The number of nitrogens with zero attached hydrogens (tertiary/aromatic N) is 3. The summed E-state index contributed by atoms with van der Waals surface area (Å²) in [6, 6.07) is 5.55. The van der Waals surface area contributed by atoms with E-state index in [1.165, 1.54) is 6.42 Å². The molecule has 1 fully saturated rings. The first-order valence-corrected chi connectivity index (χ1v) is 9.32. The van der Waals surface area contributed by atoms with Gasteiger partial charge in [0.2, 0.25) is 0 Å². The molecule has 8 nitrogen and oxygen atoms in total. The fourth-order valence-corrected chi connectivity index (χ4v) is 3.41. The number of rotatable bonds is 5. The summed E-state index contributed by atoms with van der Waals surface area (Å²) in [6.07, 6.45) is 6.73. The van der Waals surface area contributed by atoms with Gasteiger partial charge in [0.25, 0.3) is 5.91 Å². The zero-order valence-electron chi connectivity index (χ0n) is 16.0. The molecule has 0 radical (unpaired) electrons. The molecule has 28 heavy (non-hydrogen) atoms. The Labute approximate surface area is 162 Å². The maximum atomic E-state index is 12.7. The van der Waals surface area contributed by atoms with Crippen LogP contribution in [0, 0.1) is 0 Å². The summed E-state index contributed by atoms with van der Waals surface area (Å²) in [7, 11) is 3.18. The number of hydrogen-bond donors (Lipinski definition) is 2. The van der Waals surface area contributed by atoms with Gasteiger partial charge in [0, 0.05) is 24.8 Å². The van der Waals surface area contributed by atoms with Crippen LogP contribution < -0.4 is 14.9 Å². The first kappa shape index (κ1) is 18.2. The molecule has 0 spiro atoms. The van der Waals surface area contributed by atoms with Crippen molar-refractivity contribution in [3.63, 3.8) is 0 Å².